The fourth-order valence-corrected chi connectivity index (χ4v) is 2.99. The quantitative estimate of drug-likeness (QED) is 0.887. The first kappa shape index (κ1) is 12.5. The zero-order valence-corrected chi connectivity index (χ0v) is 11.8. The maximum atomic E-state index is 12.1. The van der Waals surface area contributed by atoms with Gasteiger partial charge in [-0.25, -0.2) is 0 Å². The predicted molar refractivity (Wildman–Crippen MR) is 74.2 cm³/mol. The van der Waals surface area contributed by atoms with Crippen molar-refractivity contribution < 1.29 is 9.53 Å². The Morgan fingerprint density at radius 2 is 2.11 bits per heavy atom. The van der Waals surface area contributed by atoms with Crippen LogP contribution in [-0.4, -0.2) is 12.5 Å². The molecule has 3 atom stereocenters. The second-order valence-electron chi connectivity index (χ2n) is 6.02. The highest BCUT2D eigenvalue weighted by Crippen LogP contribution is 2.40. The van der Waals surface area contributed by atoms with Gasteiger partial charge in [-0.05, 0) is 31.7 Å². The van der Waals surface area contributed by atoms with Crippen molar-refractivity contribution in [3.63, 3.8) is 0 Å². The van der Waals surface area contributed by atoms with E-state index in [0.29, 0.717) is 12.5 Å². The standard InChI is InChI=1S/C16H21NO2/c1-9-6-11(3)15-13(7-9)14(4-5-19-15)17-16(18)12-8-10(12)2/h6-7,10,12,14H,4-5,8H2,1-3H3,(H,17,18)/t10-,12+,14-/m1/s1. The van der Waals surface area contributed by atoms with E-state index in [1.165, 1.54) is 5.56 Å². The first-order valence-corrected chi connectivity index (χ1v) is 7.10. The maximum Gasteiger partial charge on any atom is 0.223 e. The number of rotatable bonds is 2. The van der Waals surface area contributed by atoms with Crippen molar-refractivity contribution in [1.29, 1.82) is 0 Å². The molecule has 3 nitrogen and oxygen atoms in total. The van der Waals surface area contributed by atoms with Crippen molar-refractivity contribution >= 4 is 5.91 Å². The van der Waals surface area contributed by atoms with Gasteiger partial charge in [0.05, 0.1) is 12.6 Å². The lowest BCUT2D eigenvalue weighted by atomic mass is 9.95. The molecule has 19 heavy (non-hydrogen) atoms. The van der Waals surface area contributed by atoms with E-state index < -0.39 is 0 Å². The number of aryl methyl sites for hydroxylation is 2. The molecule has 1 aliphatic carbocycles. The third kappa shape index (κ3) is 2.34. The smallest absolute Gasteiger partial charge is 0.223 e. The highest BCUT2D eigenvalue weighted by molar-refractivity contribution is 5.82. The first-order chi connectivity index (χ1) is 9.06. The Morgan fingerprint density at radius 3 is 2.79 bits per heavy atom. The predicted octanol–water partition coefficient (Wildman–Crippen LogP) is 2.90. The van der Waals surface area contributed by atoms with Gasteiger partial charge in [0.15, 0.2) is 0 Å². The molecule has 0 saturated heterocycles. The molecule has 3 heteroatoms. The van der Waals surface area contributed by atoms with Crippen molar-refractivity contribution in [3.05, 3.63) is 28.8 Å². The SMILES string of the molecule is Cc1cc(C)c2c(c1)[C@H](NC(=O)[C@H]1C[C@H]1C)CCO2. The molecule has 0 unspecified atom stereocenters. The fourth-order valence-electron chi connectivity index (χ4n) is 2.99. The van der Waals surface area contributed by atoms with Gasteiger partial charge in [-0.15, -0.1) is 0 Å². The van der Waals surface area contributed by atoms with Gasteiger partial charge in [0, 0.05) is 17.9 Å². The van der Waals surface area contributed by atoms with Crippen LogP contribution in [0, 0.1) is 25.7 Å². The number of carbonyl (C=O) groups is 1. The topological polar surface area (TPSA) is 38.3 Å². The molecule has 1 aromatic carbocycles. The summed E-state index contributed by atoms with van der Waals surface area (Å²) in [7, 11) is 0. The number of fused-ring (bicyclic) bond motifs is 1. The molecular formula is C16H21NO2. The van der Waals surface area contributed by atoms with Crippen LogP contribution in [0.25, 0.3) is 0 Å². The molecule has 1 aromatic rings. The molecule has 1 fully saturated rings. The minimum Gasteiger partial charge on any atom is -0.493 e. The van der Waals surface area contributed by atoms with E-state index in [1.807, 2.05) is 0 Å². The summed E-state index contributed by atoms with van der Waals surface area (Å²) < 4.78 is 5.77. The zero-order chi connectivity index (χ0) is 13.6. The Balaban J connectivity index is 1.83. The van der Waals surface area contributed by atoms with Crippen LogP contribution in [0.4, 0.5) is 0 Å². The monoisotopic (exact) mass is 259 g/mol. The lowest BCUT2D eigenvalue weighted by molar-refractivity contribution is -0.123. The number of benzene rings is 1. The normalized spacial score (nSPS) is 28.3. The zero-order valence-electron chi connectivity index (χ0n) is 11.8. The molecule has 0 bridgehead atoms. The third-order valence-corrected chi connectivity index (χ3v) is 4.24. The minimum atomic E-state index is 0.114. The van der Waals surface area contributed by atoms with Gasteiger partial charge < -0.3 is 10.1 Å². The molecule has 1 heterocycles. The second-order valence-corrected chi connectivity index (χ2v) is 6.02. The molecule has 1 amide bonds. The molecule has 0 spiro atoms. The van der Waals surface area contributed by atoms with Gasteiger partial charge >= 0.3 is 0 Å². The number of nitrogens with one attached hydrogen (secondary N) is 1. The Kier molecular flexibility index (Phi) is 3.00. The first-order valence-electron chi connectivity index (χ1n) is 7.10. The lowest BCUT2D eigenvalue weighted by Crippen LogP contribution is -2.33. The van der Waals surface area contributed by atoms with E-state index in [1.54, 1.807) is 0 Å². The summed E-state index contributed by atoms with van der Waals surface area (Å²) in [6.07, 6.45) is 1.90. The Labute approximate surface area is 114 Å². The molecule has 102 valence electrons. The average Bonchev–Trinajstić information content (AvgIpc) is 3.07. The van der Waals surface area contributed by atoms with Crippen molar-refractivity contribution in [2.24, 2.45) is 11.8 Å². The summed E-state index contributed by atoms with van der Waals surface area (Å²) in [6, 6.07) is 4.39. The number of hydrogen-bond acceptors (Lipinski definition) is 2. The minimum absolute atomic E-state index is 0.114. The summed E-state index contributed by atoms with van der Waals surface area (Å²) in [4.78, 5) is 12.1. The van der Waals surface area contributed by atoms with E-state index in [2.05, 4.69) is 38.2 Å². The number of amides is 1. The Morgan fingerprint density at radius 1 is 1.37 bits per heavy atom. The van der Waals surface area contributed by atoms with Crippen LogP contribution in [0.15, 0.2) is 12.1 Å². The van der Waals surface area contributed by atoms with E-state index in [-0.39, 0.29) is 17.9 Å². The van der Waals surface area contributed by atoms with Gasteiger partial charge in [-0.3, -0.25) is 4.79 Å². The van der Waals surface area contributed by atoms with Gasteiger partial charge in [-0.1, -0.05) is 24.6 Å². The van der Waals surface area contributed by atoms with Crippen molar-refractivity contribution in [2.45, 2.75) is 39.7 Å². The van der Waals surface area contributed by atoms with Crippen molar-refractivity contribution in [2.75, 3.05) is 6.61 Å². The largest absolute Gasteiger partial charge is 0.493 e. The average molecular weight is 259 g/mol. The number of hydrogen-bond donors (Lipinski definition) is 1. The van der Waals surface area contributed by atoms with Crippen molar-refractivity contribution in [3.8, 4) is 5.75 Å². The molecular weight excluding hydrogens is 238 g/mol. The molecule has 3 rings (SSSR count). The highest BCUT2D eigenvalue weighted by atomic mass is 16.5. The Hall–Kier alpha value is -1.51. The maximum absolute atomic E-state index is 12.1. The van der Waals surface area contributed by atoms with Gasteiger partial charge in [0.1, 0.15) is 5.75 Å². The summed E-state index contributed by atoms with van der Waals surface area (Å²) in [5.41, 5.74) is 3.53. The van der Waals surface area contributed by atoms with Gasteiger partial charge in [0.2, 0.25) is 5.91 Å². The van der Waals surface area contributed by atoms with E-state index in [4.69, 9.17) is 4.74 Å². The number of carbonyl (C=O) groups excluding carboxylic acids is 1. The molecule has 0 radical (unpaired) electrons. The lowest BCUT2D eigenvalue weighted by Gasteiger charge is -2.28. The fraction of sp³-hybridized carbons (Fsp3) is 0.562. The molecule has 2 aliphatic rings. The van der Waals surface area contributed by atoms with Crippen LogP contribution < -0.4 is 10.1 Å². The summed E-state index contributed by atoms with van der Waals surface area (Å²) >= 11 is 0. The van der Waals surface area contributed by atoms with Crippen LogP contribution in [-0.2, 0) is 4.79 Å². The van der Waals surface area contributed by atoms with E-state index in [0.717, 1.165) is 29.7 Å². The van der Waals surface area contributed by atoms with Crippen molar-refractivity contribution in [1.82, 2.24) is 5.32 Å². The third-order valence-electron chi connectivity index (χ3n) is 4.24. The molecule has 1 N–H and O–H groups in total. The Bertz CT molecular complexity index is 524. The summed E-state index contributed by atoms with van der Waals surface area (Å²) in [5, 5.41) is 3.20. The van der Waals surface area contributed by atoms with Crippen LogP contribution >= 0.6 is 0 Å². The molecule has 0 aromatic heterocycles. The van der Waals surface area contributed by atoms with Gasteiger partial charge in [-0.2, -0.15) is 0 Å². The van der Waals surface area contributed by atoms with Crippen LogP contribution in [0.2, 0.25) is 0 Å². The van der Waals surface area contributed by atoms with E-state index in [9.17, 15) is 4.79 Å². The number of ether oxygens (including phenoxy) is 1. The summed E-state index contributed by atoms with van der Waals surface area (Å²) in [6.45, 7) is 6.97. The van der Waals surface area contributed by atoms with Crippen LogP contribution in [0.3, 0.4) is 0 Å². The second kappa shape index (κ2) is 4.55. The molecule has 1 aliphatic heterocycles. The highest BCUT2D eigenvalue weighted by Gasteiger charge is 2.40. The van der Waals surface area contributed by atoms with Crippen LogP contribution in [0.5, 0.6) is 5.75 Å². The van der Waals surface area contributed by atoms with Crippen LogP contribution in [0.1, 0.15) is 42.5 Å². The summed E-state index contributed by atoms with van der Waals surface area (Å²) in [5.74, 6) is 1.96. The molecule has 1 saturated carbocycles. The van der Waals surface area contributed by atoms with E-state index >= 15 is 0 Å². The van der Waals surface area contributed by atoms with Gasteiger partial charge in [0.25, 0.3) is 0 Å².